The van der Waals surface area contributed by atoms with Gasteiger partial charge in [-0.15, -0.1) is 13.2 Å². The second-order valence-corrected chi connectivity index (χ2v) is 22.0. The highest BCUT2D eigenvalue weighted by Gasteiger charge is 2.34. The molecule has 0 saturated heterocycles. The van der Waals surface area contributed by atoms with Gasteiger partial charge < -0.3 is 46.4 Å². The molecule has 8 N–H and O–H groups in total. The molecule has 0 atom stereocenters. The zero-order valence-electron chi connectivity index (χ0n) is 46.6. The molecule has 10 rings (SSSR count). The van der Waals surface area contributed by atoms with E-state index in [0.717, 1.165) is 29.9 Å². The van der Waals surface area contributed by atoms with Crippen LogP contribution in [0.3, 0.4) is 0 Å². The number of aliphatic hydroxyl groups is 4. The Hall–Kier alpha value is -8.74. The van der Waals surface area contributed by atoms with E-state index in [4.69, 9.17) is 20.0 Å². The van der Waals surface area contributed by atoms with Gasteiger partial charge in [0, 0.05) is 60.8 Å². The summed E-state index contributed by atoms with van der Waals surface area (Å²) < 4.78 is 6.25. The van der Waals surface area contributed by atoms with Crippen LogP contribution in [-0.4, -0.2) is 117 Å². The number of aliphatic hydroxyl groups excluding tert-OH is 2. The number of carboxylic acid groups (broad SMARTS) is 1. The van der Waals surface area contributed by atoms with Crippen LogP contribution < -0.4 is 27.1 Å². The highest BCUT2D eigenvalue weighted by Crippen LogP contribution is 2.36. The van der Waals surface area contributed by atoms with Crippen molar-refractivity contribution >= 4 is 57.2 Å². The molecule has 0 bridgehead atoms. The van der Waals surface area contributed by atoms with Crippen LogP contribution in [0.5, 0.6) is 0 Å². The first-order chi connectivity index (χ1) is 38.3. The fourth-order valence-electron chi connectivity index (χ4n) is 9.88. The number of nitrogens with zero attached hydrogens (tertiary/aromatic N) is 11. The van der Waals surface area contributed by atoms with Gasteiger partial charge in [-0.3, -0.25) is 14.4 Å². The second kappa shape index (κ2) is 23.2. The molecular weight excluding hydrogens is 1040 g/mol. The van der Waals surface area contributed by atoms with Crippen LogP contribution in [0.25, 0.3) is 33.7 Å². The predicted octanol–water partition coefficient (Wildman–Crippen LogP) is 5.32. The molecule has 0 saturated carbocycles. The van der Waals surface area contributed by atoms with Crippen LogP contribution in [0.1, 0.15) is 89.0 Å². The van der Waals surface area contributed by atoms with Gasteiger partial charge in [0.25, 0.3) is 11.1 Å². The van der Waals surface area contributed by atoms with Gasteiger partial charge in [0.2, 0.25) is 17.8 Å². The summed E-state index contributed by atoms with van der Waals surface area (Å²) in [6.45, 7) is 24.6. The second-order valence-electron chi connectivity index (χ2n) is 22.0. The number of anilines is 4. The van der Waals surface area contributed by atoms with Crippen molar-refractivity contribution in [1.82, 2.24) is 58.8 Å². The van der Waals surface area contributed by atoms with E-state index in [1.165, 1.54) is 32.9 Å². The summed E-state index contributed by atoms with van der Waals surface area (Å²) in [7, 11) is 0. The first kappa shape index (κ1) is 58.4. The summed E-state index contributed by atoms with van der Waals surface area (Å²) in [6.07, 6.45) is 6.27. The van der Waals surface area contributed by atoms with E-state index in [2.05, 4.69) is 93.9 Å². The fourth-order valence-corrected chi connectivity index (χ4v) is 9.88. The van der Waals surface area contributed by atoms with Gasteiger partial charge in [-0.2, -0.15) is 9.97 Å². The summed E-state index contributed by atoms with van der Waals surface area (Å²) in [5.41, 5.74) is 4.88. The molecule has 2 aliphatic rings. The molecule has 1 amide bonds. The van der Waals surface area contributed by atoms with Crippen molar-refractivity contribution in [3.8, 4) is 11.6 Å². The third kappa shape index (κ3) is 12.5. The van der Waals surface area contributed by atoms with Gasteiger partial charge in [0.1, 0.15) is 35.2 Å². The summed E-state index contributed by atoms with van der Waals surface area (Å²) in [5.74, 6) is 0.0286. The number of rotatable bonds is 14. The maximum absolute atomic E-state index is 13.3. The molecule has 2 aliphatic heterocycles. The minimum atomic E-state index is -1.19. The van der Waals surface area contributed by atoms with Crippen molar-refractivity contribution in [3.05, 3.63) is 165 Å². The number of fused-ring (bicyclic) bond motifs is 4. The van der Waals surface area contributed by atoms with E-state index in [1.54, 1.807) is 90.5 Å². The average Bonchev–Trinajstić information content (AvgIpc) is 3.56. The lowest BCUT2D eigenvalue weighted by molar-refractivity contribution is -0.140. The first-order valence-corrected chi connectivity index (χ1v) is 26.1. The molecule has 23 nitrogen and oxygen atoms in total. The number of aromatic nitrogens is 10. The van der Waals surface area contributed by atoms with Gasteiger partial charge in [-0.1, -0.05) is 64.1 Å². The van der Waals surface area contributed by atoms with E-state index in [1.807, 2.05) is 24.3 Å². The fraction of sp³-hybridized carbons (Fsp3) is 0.345. The highest BCUT2D eigenvalue weighted by molar-refractivity contribution is 5.79. The molecule has 0 radical (unpaired) electrons. The van der Waals surface area contributed by atoms with Crippen LogP contribution in [0.15, 0.2) is 120 Å². The topological polar surface area (TPSA) is 306 Å². The molecule has 23 heteroatoms. The Bertz CT molecular complexity index is 3820. The number of allylic oxidation sites excluding steroid dienone is 2. The van der Waals surface area contributed by atoms with Crippen LogP contribution in [0.4, 0.5) is 23.3 Å². The average molecular weight is 1110 g/mol. The van der Waals surface area contributed by atoms with E-state index in [-0.39, 0.29) is 46.9 Å². The van der Waals surface area contributed by atoms with Crippen LogP contribution in [-0.2, 0) is 57.8 Å². The third-order valence-corrected chi connectivity index (χ3v) is 13.7. The smallest absolute Gasteiger partial charge is 0.329 e. The standard InChI is InChI=1S/C29H33N7O4.C27H31N7O2.C2H4O3/c1-6-12-35-26(39)20-14-30-27(33-25(20)36(35)23-9-7-8-22(32-23)29(4,5)40)31-19-10-11-21-18(13-19)15-34(24(38)16-37)17-28(21,2)3;1-6-12-33-24(35)19-15-29-25(30-18-10-11-20-17(13-18)14-28-16-26(20,2)3)32-23(19)34(33)22-9-7-8-21(31-22)27(4,5)36;3-1-2(4)5/h6-11,13-14,37,40H,1,12,15-17H2,2-5H3,(H,30,31,33);6-11,13,15,28,36H,1,12,14,16H2,2-5H3,(H,29,30,32);3H,1H2,(H,4,5). The van der Waals surface area contributed by atoms with E-state index >= 15 is 0 Å². The van der Waals surface area contributed by atoms with Gasteiger partial charge in [-0.05, 0) is 98.5 Å². The summed E-state index contributed by atoms with van der Waals surface area (Å²) >= 11 is 0. The summed E-state index contributed by atoms with van der Waals surface area (Å²) in [6, 6.07) is 22.8. The normalized spacial score (nSPS) is 14.4. The van der Waals surface area contributed by atoms with Gasteiger partial charge in [-0.25, -0.2) is 43.5 Å². The molecule has 2 aromatic carbocycles. The molecule has 8 aromatic rings. The third-order valence-electron chi connectivity index (χ3n) is 13.7. The number of carbonyl (C=O) groups excluding carboxylic acids is 1. The maximum Gasteiger partial charge on any atom is 0.329 e. The molecule has 8 heterocycles. The molecule has 6 aromatic heterocycles. The number of aliphatic carboxylic acids is 1. The van der Waals surface area contributed by atoms with Crippen molar-refractivity contribution in [2.75, 3.05) is 36.9 Å². The number of benzene rings is 2. The number of hydrogen-bond donors (Lipinski definition) is 8. The number of carbonyl (C=O) groups is 2. The largest absolute Gasteiger partial charge is 0.480 e. The monoisotopic (exact) mass is 1100 g/mol. The van der Waals surface area contributed by atoms with Crippen molar-refractivity contribution in [1.29, 1.82) is 0 Å². The lowest BCUT2D eigenvalue weighted by atomic mass is 9.78. The summed E-state index contributed by atoms with van der Waals surface area (Å²) in [4.78, 5) is 76.9. The number of carboxylic acids is 1. The SMILES string of the molecule is C=CCn1c(=O)c2cnc(Nc3ccc4c(c3)CN(C(=O)CO)CC4(C)C)nc2n1-c1cccc(C(C)(C)O)n1.C=CCn1c(=O)c2cnc(Nc3ccc4c(c3)CNCC4(C)C)nc2n1-c1cccc(C(C)(C)O)n1.O=C(O)CO. The zero-order chi connectivity index (χ0) is 58.8. The van der Waals surface area contributed by atoms with Crippen molar-refractivity contribution in [2.45, 2.75) is 104 Å². The molecule has 0 fully saturated rings. The van der Waals surface area contributed by atoms with E-state index in [0.29, 0.717) is 69.8 Å². The Labute approximate surface area is 466 Å². The molecule has 0 aliphatic carbocycles. The number of nitrogens with one attached hydrogen (secondary N) is 3. The van der Waals surface area contributed by atoms with Gasteiger partial charge in [0.05, 0.1) is 24.5 Å². The highest BCUT2D eigenvalue weighted by atomic mass is 16.4. The van der Waals surface area contributed by atoms with Crippen molar-refractivity contribution in [3.63, 3.8) is 0 Å². The van der Waals surface area contributed by atoms with Crippen molar-refractivity contribution < 1.29 is 35.1 Å². The van der Waals surface area contributed by atoms with Gasteiger partial charge in [0.15, 0.2) is 22.9 Å². The Kier molecular flexibility index (Phi) is 16.7. The molecular formula is C58H68N14O9. The Morgan fingerprint density at radius 1 is 0.679 bits per heavy atom. The minimum absolute atomic E-state index is 0.0658. The quantitative estimate of drug-likeness (QED) is 0.0639. The number of pyridine rings is 2. The van der Waals surface area contributed by atoms with Gasteiger partial charge >= 0.3 is 5.97 Å². The Balaban J connectivity index is 0.000000197. The first-order valence-electron chi connectivity index (χ1n) is 26.1. The van der Waals surface area contributed by atoms with Crippen molar-refractivity contribution in [2.24, 2.45) is 0 Å². The molecule has 0 unspecified atom stereocenters. The predicted molar refractivity (Wildman–Crippen MR) is 307 cm³/mol. The lowest BCUT2D eigenvalue weighted by Crippen LogP contribution is -2.46. The maximum atomic E-state index is 13.3. The van der Waals surface area contributed by atoms with E-state index < -0.39 is 30.4 Å². The molecule has 0 spiro atoms. The lowest BCUT2D eigenvalue weighted by Gasteiger charge is -2.40. The zero-order valence-corrected chi connectivity index (χ0v) is 46.6. The minimum Gasteiger partial charge on any atom is -0.480 e. The van der Waals surface area contributed by atoms with Crippen LogP contribution >= 0.6 is 0 Å². The Morgan fingerprint density at radius 3 is 1.57 bits per heavy atom. The Morgan fingerprint density at radius 2 is 1.14 bits per heavy atom. The van der Waals surface area contributed by atoms with E-state index in [9.17, 15) is 29.7 Å². The number of hydrogen-bond acceptors (Lipinski definition) is 17. The summed E-state index contributed by atoms with van der Waals surface area (Å²) in [5, 5.41) is 56.1. The van der Waals surface area contributed by atoms with Crippen LogP contribution in [0, 0.1) is 0 Å². The molecule has 424 valence electrons. The van der Waals surface area contributed by atoms with Crippen LogP contribution in [0.2, 0.25) is 0 Å². The molecule has 81 heavy (non-hydrogen) atoms. The number of amides is 1.